The lowest BCUT2D eigenvalue weighted by Crippen LogP contribution is -2.54. The van der Waals surface area contributed by atoms with Crippen molar-refractivity contribution in [2.75, 3.05) is 19.6 Å². The van der Waals surface area contributed by atoms with Crippen LogP contribution in [-0.4, -0.2) is 51.8 Å². The van der Waals surface area contributed by atoms with Crippen molar-refractivity contribution < 1.29 is 18.8 Å². The quantitative estimate of drug-likeness (QED) is 0.816. The molecule has 0 amide bonds. The maximum Gasteiger partial charge on any atom is 0.322 e. The predicted octanol–water partition coefficient (Wildman–Crippen LogP) is 0.188. The number of hydrogen-bond acceptors (Lipinski definition) is 7. The third kappa shape index (κ3) is 2.56. The molecule has 8 nitrogen and oxygen atoms in total. The molecule has 0 aromatic carbocycles. The minimum Gasteiger partial charge on any atom is -0.480 e. The molecule has 1 aliphatic rings. The van der Waals surface area contributed by atoms with Crippen LogP contribution in [0.15, 0.2) is 27.3 Å². The van der Waals surface area contributed by atoms with E-state index in [-0.39, 0.29) is 0 Å². The molecule has 1 atom stereocenters. The number of nitrogens with zero attached hydrogens (tertiary/aromatic N) is 3. The number of carbonyl (C=O) groups is 1. The molecule has 3 heterocycles. The summed E-state index contributed by atoms with van der Waals surface area (Å²) in [5, 5.41) is 16.1. The molecule has 20 heavy (non-hydrogen) atoms. The van der Waals surface area contributed by atoms with Crippen molar-refractivity contribution in [3.05, 3.63) is 24.2 Å². The summed E-state index contributed by atoms with van der Waals surface area (Å²) >= 11 is 0. The monoisotopic (exact) mass is 278 g/mol. The lowest BCUT2D eigenvalue weighted by molar-refractivity contribution is -0.144. The van der Waals surface area contributed by atoms with Gasteiger partial charge in [-0.2, -0.15) is 4.98 Å². The van der Waals surface area contributed by atoms with E-state index in [1.165, 1.54) is 6.26 Å². The Balaban J connectivity index is 1.72. The topological polar surface area (TPSA) is 105 Å². The van der Waals surface area contributed by atoms with Gasteiger partial charge in [0.2, 0.25) is 0 Å². The highest BCUT2D eigenvalue weighted by Gasteiger charge is 2.29. The first-order chi connectivity index (χ1) is 9.74. The third-order valence-corrected chi connectivity index (χ3v) is 3.18. The van der Waals surface area contributed by atoms with Gasteiger partial charge in [0.25, 0.3) is 5.89 Å². The molecule has 3 rings (SSSR count). The average molecular weight is 278 g/mol. The highest BCUT2D eigenvalue weighted by Crippen LogP contribution is 2.18. The number of piperazine rings is 1. The lowest BCUT2D eigenvalue weighted by atomic mass is 10.2. The summed E-state index contributed by atoms with van der Waals surface area (Å²) in [7, 11) is 0. The molecule has 1 saturated heterocycles. The molecule has 0 saturated carbocycles. The van der Waals surface area contributed by atoms with Crippen LogP contribution in [0.1, 0.15) is 5.82 Å². The van der Waals surface area contributed by atoms with E-state index in [1.54, 1.807) is 12.1 Å². The zero-order valence-corrected chi connectivity index (χ0v) is 10.7. The zero-order valence-electron chi connectivity index (χ0n) is 10.7. The second-order valence-electron chi connectivity index (χ2n) is 4.52. The maximum absolute atomic E-state index is 11.2. The first-order valence-corrected chi connectivity index (χ1v) is 6.28. The van der Waals surface area contributed by atoms with E-state index in [2.05, 4.69) is 15.5 Å². The Bertz CT molecular complexity index is 580. The summed E-state index contributed by atoms with van der Waals surface area (Å²) in [6.45, 7) is 2.12. The highest BCUT2D eigenvalue weighted by atomic mass is 16.5. The first-order valence-electron chi connectivity index (χ1n) is 6.28. The van der Waals surface area contributed by atoms with Crippen LogP contribution in [0.5, 0.6) is 0 Å². The van der Waals surface area contributed by atoms with E-state index in [0.717, 1.165) is 6.54 Å². The van der Waals surface area contributed by atoms with Gasteiger partial charge in [0.15, 0.2) is 11.6 Å². The summed E-state index contributed by atoms with van der Waals surface area (Å²) in [5.41, 5.74) is 0. The fourth-order valence-corrected chi connectivity index (χ4v) is 2.18. The predicted molar refractivity (Wildman–Crippen MR) is 66.7 cm³/mol. The normalized spacial score (nSPS) is 20.1. The fourth-order valence-electron chi connectivity index (χ4n) is 2.18. The van der Waals surface area contributed by atoms with Gasteiger partial charge in [-0.25, -0.2) is 0 Å². The minimum absolute atomic E-state index is 0.298. The standard InChI is InChI=1S/C12H14N4O4/c17-12(18)8-6-13-3-4-16(8)7-10-14-11(20-15-10)9-2-1-5-19-9/h1-2,5,8,13H,3-4,6-7H2,(H,17,18). The maximum atomic E-state index is 11.2. The number of aromatic nitrogens is 2. The Morgan fingerprint density at radius 2 is 2.50 bits per heavy atom. The molecular formula is C12H14N4O4. The molecule has 0 spiro atoms. The molecule has 2 aromatic heterocycles. The van der Waals surface area contributed by atoms with Crippen LogP contribution in [0, 0.1) is 0 Å². The summed E-state index contributed by atoms with van der Waals surface area (Å²) in [5.74, 6) is 0.391. The molecule has 0 bridgehead atoms. The lowest BCUT2D eigenvalue weighted by Gasteiger charge is -2.32. The van der Waals surface area contributed by atoms with E-state index in [0.29, 0.717) is 37.1 Å². The van der Waals surface area contributed by atoms with Gasteiger partial charge in [-0.3, -0.25) is 9.69 Å². The summed E-state index contributed by atoms with van der Waals surface area (Å²) < 4.78 is 10.3. The average Bonchev–Trinajstić information content (AvgIpc) is 3.09. The molecular weight excluding hydrogens is 264 g/mol. The van der Waals surface area contributed by atoms with Crippen LogP contribution in [0.3, 0.4) is 0 Å². The molecule has 106 valence electrons. The molecule has 2 aromatic rings. The van der Waals surface area contributed by atoms with Gasteiger partial charge < -0.3 is 19.4 Å². The number of rotatable bonds is 4. The van der Waals surface area contributed by atoms with Crippen LogP contribution in [0.25, 0.3) is 11.7 Å². The molecule has 8 heteroatoms. The number of carboxylic acids is 1. The molecule has 2 N–H and O–H groups in total. The second kappa shape index (κ2) is 5.43. The Kier molecular flexibility index (Phi) is 3.48. The van der Waals surface area contributed by atoms with Gasteiger partial charge >= 0.3 is 5.97 Å². The summed E-state index contributed by atoms with van der Waals surface area (Å²) in [6.07, 6.45) is 1.52. The number of nitrogens with one attached hydrogen (secondary N) is 1. The minimum atomic E-state index is -0.855. The van der Waals surface area contributed by atoms with Crippen molar-refractivity contribution >= 4 is 5.97 Å². The zero-order chi connectivity index (χ0) is 13.9. The van der Waals surface area contributed by atoms with E-state index in [4.69, 9.17) is 8.94 Å². The Hall–Kier alpha value is -2.19. The van der Waals surface area contributed by atoms with Gasteiger partial charge in [-0.05, 0) is 12.1 Å². The number of carboxylic acid groups (broad SMARTS) is 1. The number of hydrogen-bond donors (Lipinski definition) is 2. The van der Waals surface area contributed by atoms with Crippen LogP contribution in [-0.2, 0) is 11.3 Å². The molecule has 1 fully saturated rings. The second-order valence-corrected chi connectivity index (χ2v) is 4.52. The summed E-state index contributed by atoms with van der Waals surface area (Å²) in [6, 6.07) is 2.88. The Morgan fingerprint density at radius 3 is 3.25 bits per heavy atom. The van der Waals surface area contributed by atoms with E-state index in [9.17, 15) is 9.90 Å². The Morgan fingerprint density at radius 1 is 1.60 bits per heavy atom. The van der Waals surface area contributed by atoms with Crippen molar-refractivity contribution in [1.29, 1.82) is 0 Å². The summed E-state index contributed by atoms with van der Waals surface area (Å²) in [4.78, 5) is 17.2. The van der Waals surface area contributed by atoms with Crippen LogP contribution in [0.4, 0.5) is 0 Å². The van der Waals surface area contributed by atoms with E-state index in [1.807, 2.05) is 4.90 Å². The molecule has 0 aliphatic carbocycles. The highest BCUT2D eigenvalue weighted by molar-refractivity contribution is 5.73. The smallest absolute Gasteiger partial charge is 0.322 e. The van der Waals surface area contributed by atoms with Crippen LogP contribution >= 0.6 is 0 Å². The molecule has 1 aliphatic heterocycles. The van der Waals surface area contributed by atoms with Crippen molar-refractivity contribution in [2.45, 2.75) is 12.6 Å². The Labute approximate surface area is 114 Å². The molecule has 0 radical (unpaired) electrons. The number of aliphatic carboxylic acids is 1. The van der Waals surface area contributed by atoms with Gasteiger partial charge in [-0.1, -0.05) is 5.16 Å². The van der Waals surface area contributed by atoms with Crippen molar-refractivity contribution in [3.63, 3.8) is 0 Å². The van der Waals surface area contributed by atoms with Crippen LogP contribution < -0.4 is 5.32 Å². The molecule has 1 unspecified atom stereocenters. The van der Waals surface area contributed by atoms with Gasteiger partial charge in [-0.15, -0.1) is 0 Å². The van der Waals surface area contributed by atoms with Crippen molar-refractivity contribution in [3.8, 4) is 11.7 Å². The fraction of sp³-hybridized carbons (Fsp3) is 0.417. The SMILES string of the molecule is O=C(O)C1CNCCN1Cc1noc(-c2ccco2)n1. The van der Waals surface area contributed by atoms with Gasteiger partial charge in [0.05, 0.1) is 12.8 Å². The number of furan rings is 1. The van der Waals surface area contributed by atoms with Gasteiger partial charge in [0, 0.05) is 19.6 Å². The third-order valence-electron chi connectivity index (χ3n) is 3.18. The van der Waals surface area contributed by atoms with Crippen molar-refractivity contribution in [2.24, 2.45) is 0 Å². The first kappa shape index (κ1) is 12.8. The van der Waals surface area contributed by atoms with E-state index < -0.39 is 12.0 Å². The van der Waals surface area contributed by atoms with Crippen LogP contribution in [0.2, 0.25) is 0 Å². The largest absolute Gasteiger partial charge is 0.480 e. The van der Waals surface area contributed by atoms with E-state index >= 15 is 0 Å². The van der Waals surface area contributed by atoms with Gasteiger partial charge in [0.1, 0.15) is 6.04 Å². The van der Waals surface area contributed by atoms with Crippen molar-refractivity contribution in [1.82, 2.24) is 20.4 Å².